The first-order chi connectivity index (χ1) is 6.13. The van der Waals surface area contributed by atoms with Crippen LogP contribution in [-0.2, 0) is 0 Å². The van der Waals surface area contributed by atoms with Crippen molar-refractivity contribution in [1.29, 1.82) is 0 Å². The Bertz CT molecular complexity index is 263. The van der Waals surface area contributed by atoms with Crippen LogP contribution in [0.4, 0.5) is 4.39 Å². The molecule has 1 atom stereocenters. The fourth-order valence-corrected chi connectivity index (χ4v) is 1.40. The normalized spacial score (nSPS) is 12.9. The first kappa shape index (κ1) is 10.2. The van der Waals surface area contributed by atoms with Gasteiger partial charge in [-0.3, -0.25) is 0 Å². The van der Waals surface area contributed by atoms with Gasteiger partial charge >= 0.3 is 0 Å². The number of halogens is 1. The third-order valence-corrected chi connectivity index (χ3v) is 2.01. The van der Waals surface area contributed by atoms with Crippen LogP contribution in [0.2, 0.25) is 0 Å². The monoisotopic (exact) mass is 182 g/mol. The van der Waals surface area contributed by atoms with Gasteiger partial charge in [0.15, 0.2) is 0 Å². The summed E-state index contributed by atoms with van der Waals surface area (Å²) in [5.74, 6) is -0.273. The van der Waals surface area contributed by atoms with Gasteiger partial charge in [0, 0.05) is 0 Å². The molecule has 0 radical (unpaired) electrons. The average Bonchev–Trinajstić information content (AvgIpc) is 2.03. The van der Waals surface area contributed by atoms with Crippen LogP contribution >= 0.6 is 0 Å². The number of hydrogen-bond acceptors (Lipinski definition) is 1. The largest absolute Gasteiger partial charge is 0.388 e. The van der Waals surface area contributed by atoms with Crippen LogP contribution in [0.1, 0.15) is 37.0 Å². The first-order valence-corrected chi connectivity index (χ1v) is 4.58. The molecule has 0 saturated carbocycles. The summed E-state index contributed by atoms with van der Waals surface area (Å²) >= 11 is 0. The van der Waals surface area contributed by atoms with Crippen LogP contribution in [0.25, 0.3) is 0 Å². The highest BCUT2D eigenvalue weighted by atomic mass is 19.1. The second-order valence-corrected chi connectivity index (χ2v) is 3.37. The summed E-state index contributed by atoms with van der Waals surface area (Å²) in [5, 5.41) is 9.60. The fraction of sp³-hybridized carbons (Fsp3) is 0.455. The lowest BCUT2D eigenvalue weighted by Gasteiger charge is -2.10. The molecule has 0 saturated heterocycles. The smallest absolute Gasteiger partial charge is 0.123 e. The molecule has 0 fully saturated rings. The molecule has 0 unspecified atom stereocenters. The molecule has 0 aromatic heterocycles. The molecule has 0 bridgehead atoms. The topological polar surface area (TPSA) is 20.2 Å². The molecule has 1 nitrogen and oxygen atoms in total. The second-order valence-electron chi connectivity index (χ2n) is 3.37. The van der Waals surface area contributed by atoms with Crippen molar-refractivity contribution in [2.24, 2.45) is 0 Å². The van der Waals surface area contributed by atoms with Gasteiger partial charge < -0.3 is 5.11 Å². The Morgan fingerprint density at radius 1 is 1.38 bits per heavy atom. The van der Waals surface area contributed by atoms with E-state index in [-0.39, 0.29) is 5.82 Å². The van der Waals surface area contributed by atoms with Crippen molar-refractivity contribution in [3.8, 4) is 0 Å². The van der Waals surface area contributed by atoms with Crippen molar-refractivity contribution in [3.63, 3.8) is 0 Å². The zero-order valence-electron chi connectivity index (χ0n) is 8.05. The number of benzene rings is 1. The maximum Gasteiger partial charge on any atom is 0.123 e. The molecule has 13 heavy (non-hydrogen) atoms. The minimum Gasteiger partial charge on any atom is -0.388 e. The predicted octanol–water partition coefficient (Wildman–Crippen LogP) is 2.97. The Kier molecular flexibility index (Phi) is 3.43. The number of aliphatic hydroxyl groups is 1. The lowest BCUT2D eigenvalue weighted by atomic mass is 10.0. The average molecular weight is 182 g/mol. The molecule has 1 aromatic rings. The van der Waals surface area contributed by atoms with E-state index in [1.165, 1.54) is 12.1 Å². The minimum atomic E-state index is -0.528. The van der Waals surface area contributed by atoms with Crippen LogP contribution in [0.3, 0.4) is 0 Å². The molecule has 2 heteroatoms. The summed E-state index contributed by atoms with van der Waals surface area (Å²) in [6, 6.07) is 4.68. The van der Waals surface area contributed by atoms with Crippen LogP contribution in [0.15, 0.2) is 18.2 Å². The maximum absolute atomic E-state index is 12.9. The third kappa shape index (κ3) is 2.81. The van der Waals surface area contributed by atoms with Gasteiger partial charge in [-0.15, -0.1) is 0 Å². The summed E-state index contributed by atoms with van der Waals surface area (Å²) < 4.78 is 12.9. The van der Waals surface area contributed by atoms with Crippen molar-refractivity contribution < 1.29 is 9.50 Å². The highest BCUT2D eigenvalue weighted by Crippen LogP contribution is 2.20. The van der Waals surface area contributed by atoms with Crippen LogP contribution < -0.4 is 0 Å². The number of aliphatic hydroxyl groups excluding tert-OH is 1. The fourth-order valence-electron chi connectivity index (χ4n) is 1.40. The van der Waals surface area contributed by atoms with Crippen molar-refractivity contribution >= 4 is 0 Å². The Hall–Kier alpha value is -0.890. The Labute approximate surface area is 78.2 Å². The van der Waals surface area contributed by atoms with Gasteiger partial charge in [0.05, 0.1) is 6.10 Å². The molecule has 0 heterocycles. The van der Waals surface area contributed by atoms with E-state index in [0.29, 0.717) is 12.0 Å². The Morgan fingerprint density at radius 2 is 2.08 bits per heavy atom. The quantitative estimate of drug-likeness (QED) is 0.762. The van der Waals surface area contributed by atoms with Gasteiger partial charge in [0.2, 0.25) is 0 Å². The van der Waals surface area contributed by atoms with Gasteiger partial charge in [-0.1, -0.05) is 19.4 Å². The van der Waals surface area contributed by atoms with Crippen LogP contribution in [0, 0.1) is 12.7 Å². The molecule has 0 aliphatic rings. The first-order valence-electron chi connectivity index (χ1n) is 4.58. The molecule has 0 aliphatic heterocycles. The van der Waals surface area contributed by atoms with E-state index in [1.54, 1.807) is 0 Å². The molecular weight excluding hydrogens is 167 g/mol. The summed E-state index contributed by atoms with van der Waals surface area (Å²) in [4.78, 5) is 0. The van der Waals surface area contributed by atoms with Crippen molar-refractivity contribution in [1.82, 2.24) is 0 Å². The number of aryl methyl sites for hydroxylation is 1. The maximum atomic E-state index is 12.9. The summed E-state index contributed by atoms with van der Waals surface area (Å²) in [6.07, 6.45) is 1.05. The van der Waals surface area contributed by atoms with Crippen molar-refractivity contribution in [3.05, 3.63) is 35.1 Å². The zero-order valence-corrected chi connectivity index (χ0v) is 8.05. The van der Waals surface area contributed by atoms with Gasteiger partial charge in [-0.05, 0) is 36.6 Å². The second kappa shape index (κ2) is 4.38. The van der Waals surface area contributed by atoms with Crippen LogP contribution in [0.5, 0.6) is 0 Å². The third-order valence-electron chi connectivity index (χ3n) is 2.01. The van der Waals surface area contributed by atoms with E-state index in [9.17, 15) is 9.50 Å². The van der Waals surface area contributed by atoms with E-state index in [4.69, 9.17) is 0 Å². The highest BCUT2D eigenvalue weighted by Gasteiger charge is 2.07. The zero-order chi connectivity index (χ0) is 9.84. The van der Waals surface area contributed by atoms with E-state index < -0.39 is 6.10 Å². The molecule has 1 rings (SSSR count). The lowest BCUT2D eigenvalue weighted by molar-refractivity contribution is 0.166. The Morgan fingerprint density at radius 3 is 2.62 bits per heavy atom. The Balaban J connectivity index is 2.87. The molecular formula is C11H15FO. The summed E-state index contributed by atoms with van der Waals surface area (Å²) in [7, 11) is 0. The van der Waals surface area contributed by atoms with Crippen molar-refractivity contribution in [2.45, 2.75) is 32.8 Å². The van der Waals surface area contributed by atoms with Gasteiger partial charge in [0.1, 0.15) is 5.82 Å². The predicted molar refractivity (Wildman–Crippen MR) is 51.0 cm³/mol. The molecule has 0 aliphatic carbocycles. The van der Waals surface area contributed by atoms with Gasteiger partial charge in [-0.2, -0.15) is 0 Å². The SMILES string of the molecule is CCC[C@@H](O)c1cc(C)cc(F)c1. The minimum absolute atomic E-state index is 0.273. The molecule has 0 amide bonds. The molecule has 72 valence electrons. The molecule has 1 aromatic carbocycles. The number of hydrogen-bond donors (Lipinski definition) is 1. The van der Waals surface area contributed by atoms with Crippen molar-refractivity contribution in [2.75, 3.05) is 0 Å². The van der Waals surface area contributed by atoms with Gasteiger partial charge in [0.25, 0.3) is 0 Å². The standard InChI is InChI=1S/C11H15FO/c1-3-4-11(13)9-5-8(2)6-10(12)7-9/h5-7,11,13H,3-4H2,1-2H3/t11-/m1/s1. The van der Waals surface area contributed by atoms with E-state index >= 15 is 0 Å². The van der Waals surface area contributed by atoms with E-state index in [2.05, 4.69) is 0 Å². The lowest BCUT2D eigenvalue weighted by Crippen LogP contribution is -1.97. The summed E-state index contributed by atoms with van der Waals surface area (Å²) in [6.45, 7) is 3.82. The number of rotatable bonds is 3. The summed E-state index contributed by atoms with van der Waals surface area (Å²) in [5.41, 5.74) is 1.53. The highest BCUT2D eigenvalue weighted by molar-refractivity contribution is 5.25. The molecule has 0 spiro atoms. The van der Waals surface area contributed by atoms with Crippen LogP contribution in [-0.4, -0.2) is 5.11 Å². The van der Waals surface area contributed by atoms with E-state index in [0.717, 1.165) is 12.0 Å². The van der Waals surface area contributed by atoms with Gasteiger partial charge in [-0.25, -0.2) is 4.39 Å². The molecule has 1 N–H and O–H groups in total. The van der Waals surface area contributed by atoms with E-state index in [1.807, 2.05) is 19.9 Å².